The van der Waals surface area contributed by atoms with Crippen molar-refractivity contribution in [3.05, 3.63) is 29.6 Å². The number of anilines is 1. The number of methoxy groups -OCH3 is 1. The Hall–Kier alpha value is -1.67. The van der Waals surface area contributed by atoms with Crippen molar-refractivity contribution >= 4 is 11.6 Å². The number of ether oxygens (including phenoxy) is 1. The standard InChI is InChI=1S/C14H16F4N2O2/c1-22-8-13(4-5-19-7-13)12(21)20-9-2-3-11(15)10(6-9)14(16,17)18/h2-3,6,19H,4-5,7-8H2,1H3,(H,20,21). The largest absolute Gasteiger partial charge is 0.419 e. The third-order valence-electron chi connectivity index (χ3n) is 3.68. The number of rotatable bonds is 4. The van der Waals surface area contributed by atoms with Gasteiger partial charge in [0, 0.05) is 19.3 Å². The molecule has 0 spiro atoms. The molecule has 1 amide bonds. The molecule has 0 saturated carbocycles. The van der Waals surface area contributed by atoms with Gasteiger partial charge in [-0.05, 0) is 31.2 Å². The summed E-state index contributed by atoms with van der Waals surface area (Å²) < 4.78 is 56.3. The van der Waals surface area contributed by atoms with E-state index in [-0.39, 0.29) is 12.3 Å². The highest BCUT2D eigenvalue weighted by Gasteiger charge is 2.41. The van der Waals surface area contributed by atoms with Crippen LogP contribution in [0.5, 0.6) is 0 Å². The number of amides is 1. The van der Waals surface area contributed by atoms with Gasteiger partial charge in [-0.1, -0.05) is 0 Å². The summed E-state index contributed by atoms with van der Waals surface area (Å²) in [5.41, 5.74) is -2.33. The first-order valence-electron chi connectivity index (χ1n) is 6.66. The van der Waals surface area contributed by atoms with Crippen molar-refractivity contribution in [1.82, 2.24) is 5.32 Å². The van der Waals surface area contributed by atoms with Gasteiger partial charge in [-0.25, -0.2) is 4.39 Å². The van der Waals surface area contributed by atoms with Crippen molar-refractivity contribution in [2.45, 2.75) is 12.6 Å². The summed E-state index contributed by atoms with van der Waals surface area (Å²) in [5.74, 6) is -1.82. The zero-order chi connectivity index (χ0) is 16.4. The lowest BCUT2D eigenvalue weighted by molar-refractivity contribution is -0.140. The number of carbonyl (C=O) groups excluding carboxylic acids is 1. The molecule has 1 fully saturated rings. The molecule has 22 heavy (non-hydrogen) atoms. The molecule has 0 aromatic heterocycles. The maximum atomic E-state index is 13.2. The van der Waals surface area contributed by atoms with Gasteiger partial charge in [-0.2, -0.15) is 13.2 Å². The summed E-state index contributed by atoms with van der Waals surface area (Å²) in [6, 6.07) is 2.38. The molecule has 1 aromatic carbocycles. The summed E-state index contributed by atoms with van der Waals surface area (Å²) in [6.07, 6.45) is -4.30. The summed E-state index contributed by atoms with van der Waals surface area (Å²) in [7, 11) is 1.45. The van der Waals surface area contributed by atoms with Crippen LogP contribution in [0.3, 0.4) is 0 Å². The average Bonchev–Trinajstić information content (AvgIpc) is 2.90. The van der Waals surface area contributed by atoms with Gasteiger partial charge < -0.3 is 15.4 Å². The first kappa shape index (κ1) is 16.7. The number of alkyl halides is 3. The predicted octanol–water partition coefficient (Wildman–Crippen LogP) is 2.41. The van der Waals surface area contributed by atoms with Gasteiger partial charge in [0.05, 0.1) is 17.6 Å². The van der Waals surface area contributed by atoms with Crippen molar-refractivity contribution in [2.24, 2.45) is 5.41 Å². The monoisotopic (exact) mass is 320 g/mol. The van der Waals surface area contributed by atoms with Crippen LogP contribution in [0.1, 0.15) is 12.0 Å². The Kier molecular flexibility index (Phi) is 4.72. The van der Waals surface area contributed by atoms with Gasteiger partial charge in [0.1, 0.15) is 5.82 Å². The van der Waals surface area contributed by atoms with E-state index in [1.807, 2.05) is 0 Å². The van der Waals surface area contributed by atoms with Crippen molar-refractivity contribution in [2.75, 3.05) is 32.1 Å². The normalized spacial score (nSPS) is 21.9. The molecule has 1 aliphatic heterocycles. The number of halogens is 4. The summed E-state index contributed by atoms with van der Waals surface area (Å²) in [5, 5.41) is 5.45. The molecule has 1 heterocycles. The number of benzene rings is 1. The van der Waals surface area contributed by atoms with Gasteiger partial charge in [0.25, 0.3) is 0 Å². The fourth-order valence-electron chi connectivity index (χ4n) is 2.49. The van der Waals surface area contributed by atoms with E-state index in [1.54, 1.807) is 0 Å². The average molecular weight is 320 g/mol. The number of hydrogen-bond donors (Lipinski definition) is 2. The number of hydrogen-bond acceptors (Lipinski definition) is 3. The number of carbonyl (C=O) groups is 1. The minimum absolute atomic E-state index is 0.0962. The Morgan fingerprint density at radius 2 is 2.18 bits per heavy atom. The molecular weight excluding hydrogens is 304 g/mol. The Bertz CT molecular complexity index is 554. The maximum Gasteiger partial charge on any atom is 0.419 e. The lowest BCUT2D eigenvalue weighted by atomic mass is 9.87. The summed E-state index contributed by atoms with van der Waals surface area (Å²) >= 11 is 0. The topological polar surface area (TPSA) is 50.4 Å². The quantitative estimate of drug-likeness (QED) is 0.838. The van der Waals surface area contributed by atoms with E-state index in [0.29, 0.717) is 31.6 Å². The van der Waals surface area contributed by atoms with E-state index in [1.165, 1.54) is 7.11 Å². The lowest BCUT2D eigenvalue weighted by Gasteiger charge is -2.26. The second-order valence-corrected chi connectivity index (χ2v) is 5.29. The molecule has 0 bridgehead atoms. The van der Waals surface area contributed by atoms with E-state index >= 15 is 0 Å². The highest BCUT2D eigenvalue weighted by molar-refractivity contribution is 5.96. The van der Waals surface area contributed by atoms with Crippen LogP contribution in [0.15, 0.2) is 18.2 Å². The third kappa shape index (κ3) is 3.38. The van der Waals surface area contributed by atoms with E-state index in [9.17, 15) is 22.4 Å². The molecule has 8 heteroatoms. The van der Waals surface area contributed by atoms with Gasteiger partial charge in [0.15, 0.2) is 0 Å². The van der Waals surface area contributed by atoms with E-state index in [0.717, 1.165) is 6.07 Å². The van der Waals surface area contributed by atoms with Gasteiger partial charge in [0.2, 0.25) is 5.91 Å². The molecular formula is C14H16F4N2O2. The Labute approximate surface area is 124 Å². The van der Waals surface area contributed by atoms with Crippen LogP contribution in [0.25, 0.3) is 0 Å². The Morgan fingerprint density at radius 1 is 1.45 bits per heavy atom. The molecule has 1 aromatic rings. The molecule has 1 saturated heterocycles. The van der Waals surface area contributed by atoms with Crippen LogP contribution in [-0.2, 0) is 15.7 Å². The summed E-state index contributed by atoms with van der Waals surface area (Å²) in [4.78, 5) is 12.4. The van der Waals surface area contributed by atoms with Gasteiger partial charge in [-0.15, -0.1) is 0 Å². The molecule has 1 aliphatic rings. The minimum Gasteiger partial charge on any atom is -0.384 e. The molecule has 4 nitrogen and oxygen atoms in total. The SMILES string of the molecule is COCC1(C(=O)Nc2ccc(F)c(C(F)(F)F)c2)CCNC1. The zero-order valence-corrected chi connectivity index (χ0v) is 11.9. The van der Waals surface area contributed by atoms with Crippen molar-refractivity contribution < 1.29 is 27.1 Å². The molecule has 1 atom stereocenters. The molecule has 2 N–H and O–H groups in total. The van der Waals surface area contributed by atoms with Crippen molar-refractivity contribution in [1.29, 1.82) is 0 Å². The summed E-state index contributed by atoms with van der Waals surface area (Å²) in [6.45, 7) is 1.15. The lowest BCUT2D eigenvalue weighted by Crippen LogP contribution is -2.41. The van der Waals surface area contributed by atoms with Gasteiger partial charge in [-0.3, -0.25) is 4.79 Å². The highest BCUT2D eigenvalue weighted by atomic mass is 19.4. The minimum atomic E-state index is -4.82. The fraction of sp³-hybridized carbons (Fsp3) is 0.500. The van der Waals surface area contributed by atoms with Gasteiger partial charge >= 0.3 is 6.18 Å². The van der Waals surface area contributed by atoms with Crippen LogP contribution >= 0.6 is 0 Å². The smallest absolute Gasteiger partial charge is 0.384 e. The highest BCUT2D eigenvalue weighted by Crippen LogP contribution is 2.34. The Balaban J connectivity index is 2.21. The molecule has 2 rings (SSSR count). The van der Waals surface area contributed by atoms with Crippen LogP contribution < -0.4 is 10.6 Å². The first-order valence-corrected chi connectivity index (χ1v) is 6.66. The molecule has 1 unspecified atom stereocenters. The van der Waals surface area contributed by atoms with Crippen LogP contribution in [0, 0.1) is 11.2 Å². The second kappa shape index (κ2) is 6.21. The van der Waals surface area contributed by atoms with E-state index in [2.05, 4.69) is 10.6 Å². The predicted molar refractivity (Wildman–Crippen MR) is 71.8 cm³/mol. The Morgan fingerprint density at radius 3 is 2.73 bits per heavy atom. The van der Waals surface area contributed by atoms with Crippen LogP contribution in [-0.4, -0.2) is 32.7 Å². The van der Waals surface area contributed by atoms with Crippen molar-refractivity contribution in [3.8, 4) is 0 Å². The first-order chi connectivity index (χ1) is 10.3. The van der Waals surface area contributed by atoms with E-state index in [4.69, 9.17) is 4.74 Å². The molecule has 122 valence electrons. The van der Waals surface area contributed by atoms with E-state index < -0.39 is 28.9 Å². The van der Waals surface area contributed by atoms with Crippen LogP contribution in [0.4, 0.5) is 23.2 Å². The molecule has 0 aliphatic carbocycles. The fourth-order valence-corrected chi connectivity index (χ4v) is 2.49. The van der Waals surface area contributed by atoms with Crippen molar-refractivity contribution in [3.63, 3.8) is 0 Å². The van der Waals surface area contributed by atoms with Crippen LogP contribution in [0.2, 0.25) is 0 Å². The molecule has 0 radical (unpaired) electrons. The zero-order valence-electron chi connectivity index (χ0n) is 11.9. The maximum absolute atomic E-state index is 13.2. The number of nitrogens with one attached hydrogen (secondary N) is 2. The third-order valence-corrected chi connectivity index (χ3v) is 3.68. The second-order valence-electron chi connectivity index (χ2n) is 5.29.